The minimum absolute atomic E-state index is 0.281. The van der Waals surface area contributed by atoms with Gasteiger partial charge in [-0.1, -0.05) is 0 Å². The van der Waals surface area contributed by atoms with E-state index in [0.29, 0.717) is 5.69 Å². The first-order chi connectivity index (χ1) is 4.61. The highest BCUT2D eigenvalue weighted by Crippen LogP contribution is 1.98. The molecular weight excluding hydrogens is 112 g/mol. The van der Waals surface area contributed by atoms with Gasteiger partial charge >= 0.3 is 0 Å². The van der Waals surface area contributed by atoms with Gasteiger partial charge in [-0.2, -0.15) is 0 Å². The van der Waals surface area contributed by atoms with Gasteiger partial charge in [-0.05, 0) is 20.8 Å². The molecule has 0 atom stereocenters. The van der Waals surface area contributed by atoms with Crippen molar-refractivity contribution in [1.29, 1.82) is 0 Å². The van der Waals surface area contributed by atoms with Crippen LogP contribution < -0.4 is 0 Å². The lowest BCUT2D eigenvalue weighted by atomic mass is 10.3. The standard InChI is InChI=1S/C7H10N2/c1-5-4-8-6(2)7(3)9-5/h4H,1-3H3/i4D. The molecule has 0 aromatic carbocycles. The molecule has 1 aromatic heterocycles. The van der Waals surface area contributed by atoms with E-state index in [1.807, 2.05) is 13.8 Å². The molecule has 0 aliphatic heterocycles. The predicted molar refractivity (Wildman–Crippen MR) is 36.2 cm³/mol. The lowest BCUT2D eigenvalue weighted by Crippen LogP contribution is -1.92. The van der Waals surface area contributed by atoms with Crippen LogP contribution in [-0.4, -0.2) is 9.97 Å². The monoisotopic (exact) mass is 123 g/mol. The molecule has 0 saturated carbocycles. The second-order valence-electron chi connectivity index (χ2n) is 2.09. The Balaban J connectivity index is 3.28. The van der Waals surface area contributed by atoms with E-state index in [2.05, 4.69) is 9.97 Å². The molecule has 0 spiro atoms. The first kappa shape index (κ1) is 4.91. The average molecular weight is 123 g/mol. The third-order valence-electron chi connectivity index (χ3n) is 1.24. The number of nitrogens with zero attached hydrogens (tertiary/aromatic N) is 2. The molecule has 9 heavy (non-hydrogen) atoms. The summed E-state index contributed by atoms with van der Waals surface area (Å²) in [6.07, 6.45) is 0.281. The first-order valence-electron chi connectivity index (χ1n) is 3.39. The summed E-state index contributed by atoms with van der Waals surface area (Å²) in [5.74, 6) is 0. The number of aryl methyl sites for hydroxylation is 3. The maximum atomic E-state index is 7.28. The van der Waals surface area contributed by atoms with Gasteiger partial charge in [-0.15, -0.1) is 0 Å². The highest BCUT2D eigenvalue weighted by atomic mass is 14.8. The van der Waals surface area contributed by atoms with Gasteiger partial charge in [0.05, 0.1) is 18.5 Å². The summed E-state index contributed by atoms with van der Waals surface area (Å²) in [7, 11) is 0. The lowest BCUT2D eigenvalue weighted by Gasteiger charge is -1.96. The van der Waals surface area contributed by atoms with Crippen molar-refractivity contribution in [1.82, 2.24) is 9.97 Å². The van der Waals surface area contributed by atoms with Crippen LogP contribution in [0.2, 0.25) is 0 Å². The molecule has 1 heterocycles. The Labute approximate surface area is 56.4 Å². The summed E-state index contributed by atoms with van der Waals surface area (Å²) in [6, 6.07) is 0. The SMILES string of the molecule is [2H]c1nc(C)c(C)nc1C. The second-order valence-corrected chi connectivity index (χ2v) is 2.09. The van der Waals surface area contributed by atoms with Crippen LogP contribution in [0.3, 0.4) is 0 Å². The Bertz CT molecular complexity index is 208. The molecule has 0 unspecified atom stereocenters. The molecule has 48 valence electrons. The molecule has 2 nitrogen and oxygen atoms in total. The van der Waals surface area contributed by atoms with Gasteiger partial charge in [-0.25, -0.2) is 0 Å². The molecule has 0 aliphatic rings. The van der Waals surface area contributed by atoms with E-state index in [4.69, 9.17) is 1.37 Å². The third-order valence-corrected chi connectivity index (χ3v) is 1.24. The van der Waals surface area contributed by atoms with Gasteiger partial charge in [0, 0.05) is 6.17 Å². The van der Waals surface area contributed by atoms with Crippen molar-refractivity contribution in [3.63, 3.8) is 0 Å². The van der Waals surface area contributed by atoms with Crippen LogP contribution in [0.4, 0.5) is 0 Å². The highest BCUT2D eigenvalue weighted by molar-refractivity contribution is 5.09. The fourth-order valence-electron chi connectivity index (χ4n) is 0.603. The van der Waals surface area contributed by atoms with E-state index >= 15 is 0 Å². The lowest BCUT2D eigenvalue weighted by molar-refractivity contribution is 1.00. The quantitative estimate of drug-likeness (QED) is 0.521. The fraction of sp³-hybridized carbons (Fsp3) is 0.429. The Morgan fingerprint density at radius 2 is 2.00 bits per heavy atom. The van der Waals surface area contributed by atoms with Gasteiger partial charge in [0.2, 0.25) is 0 Å². The van der Waals surface area contributed by atoms with Crippen molar-refractivity contribution < 1.29 is 1.37 Å². The Hall–Kier alpha value is -0.920. The zero-order valence-corrected chi connectivity index (χ0v) is 5.89. The second kappa shape index (κ2) is 2.13. The number of hydrogen-bond donors (Lipinski definition) is 0. The molecule has 0 radical (unpaired) electrons. The molecule has 1 aromatic rings. The summed E-state index contributed by atoms with van der Waals surface area (Å²) >= 11 is 0. The van der Waals surface area contributed by atoms with Crippen LogP contribution in [0.5, 0.6) is 0 Å². The van der Waals surface area contributed by atoms with E-state index in [1.54, 1.807) is 6.92 Å². The number of rotatable bonds is 0. The van der Waals surface area contributed by atoms with E-state index in [1.165, 1.54) is 0 Å². The third kappa shape index (κ3) is 1.25. The van der Waals surface area contributed by atoms with Gasteiger partial charge < -0.3 is 0 Å². The zero-order valence-electron chi connectivity index (χ0n) is 6.89. The van der Waals surface area contributed by atoms with E-state index < -0.39 is 0 Å². The van der Waals surface area contributed by atoms with Crippen LogP contribution >= 0.6 is 0 Å². The minimum atomic E-state index is 0.281. The summed E-state index contributed by atoms with van der Waals surface area (Å²) < 4.78 is 7.28. The zero-order chi connectivity index (χ0) is 7.72. The molecule has 0 saturated heterocycles. The maximum absolute atomic E-state index is 7.28. The molecule has 2 heteroatoms. The minimum Gasteiger partial charge on any atom is -0.258 e. The molecule has 0 bridgehead atoms. The number of hydrogen-bond acceptors (Lipinski definition) is 2. The highest BCUT2D eigenvalue weighted by Gasteiger charge is 1.92. The van der Waals surface area contributed by atoms with Crippen LogP contribution in [0.15, 0.2) is 6.17 Å². The Morgan fingerprint density at radius 1 is 1.33 bits per heavy atom. The molecule has 0 N–H and O–H groups in total. The predicted octanol–water partition coefficient (Wildman–Crippen LogP) is 1.40. The van der Waals surface area contributed by atoms with Gasteiger partial charge in [0.1, 0.15) is 0 Å². The van der Waals surface area contributed by atoms with Crippen LogP contribution in [0.1, 0.15) is 18.5 Å². The summed E-state index contributed by atoms with van der Waals surface area (Å²) in [6.45, 7) is 5.55. The molecule has 0 aliphatic carbocycles. The van der Waals surface area contributed by atoms with Crippen LogP contribution in [0, 0.1) is 20.8 Å². The van der Waals surface area contributed by atoms with E-state index in [-0.39, 0.29) is 6.17 Å². The smallest absolute Gasteiger partial charge is 0.0860 e. The molecule has 1 rings (SSSR count). The van der Waals surface area contributed by atoms with E-state index in [0.717, 1.165) is 11.4 Å². The van der Waals surface area contributed by atoms with Gasteiger partial charge in [-0.3, -0.25) is 9.97 Å². The summed E-state index contributed by atoms with van der Waals surface area (Å²) in [5.41, 5.74) is 2.45. The van der Waals surface area contributed by atoms with Crippen molar-refractivity contribution in [2.24, 2.45) is 0 Å². The van der Waals surface area contributed by atoms with Crippen LogP contribution in [-0.2, 0) is 0 Å². The topological polar surface area (TPSA) is 25.8 Å². The fourth-order valence-corrected chi connectivity index (χ4v) is 0.603. The summed E-state index contributed by atoms with van der Waals surface area (Å²) in [5, 5.41) is 0. The first-order valence-corrected chi connectivity index (χ1v) is 2.89. The summed E-state index contributed by atoms with van der Waals surface area (Å²) in [4.78, 5) is 8.10. The van der Waals surface area contributed by atoms with Crippen molar-refractivity contribution >= 4 is 0 Å². The molecule has 0 fully saturated rings. The van der Waals surface area contributed by atoms with Crippen LogP contribution in [0.25, 0.3) is 0 Å². The largest absolute Gasteiger partial charge is 0.258 e. The average Bonchev–Trinajstić information content (AvgIpc) is 1.84. The molecule has 0 amide bonds. The van der Waals surface area contributed by atoms with Crippen molar-refractivity contribution in [3.8, 4) is 0 Å². The Kier molecular flexibility index (Phi) is 1.16. The van der Waals surface area contributed by atoms with Gasteiger partial charge in [0.15, 0.2) is 0 Å². The molecular formula is C7H10N2. The van der Waals surface area contributed by atoms with Crippen molar-refractivity contribution in [2.75, 3.05) is 0 Å². The van der Waals surface area contributed by atoms with Crippen molar-refractivity contribution in [2.45, 2.75) is 20.8 Å². The van der Waals surface area contributed by atoms with E-state index in [9.17, 15) is 0 Å². The van der Waals surface area contributed by atoms with Crippen molar-refractivity contribution in [3.05, 3.63) is 23.3 Å². The normalized spacial score (nSPS) is 11.2. The Morgan fingerprint density at radius 3 is 2.56 bits per heavy atom. The maximum Gasteiger partial charge on any atom is 0.0860 e. The van der Waals surface area contributed by atoms with Gasteiger partial charge in [0.25, 0.3) is 0 Å². The number of aromatic nitrogens is 2.